The molecule has 0 spiro atoms. The Morgan fingerprint density at radius 2 is 1.97 bits per heavy atom. The average Bonchev–Trinajstić information content (AvgIpc) is 2.66. The summed E-state index contributed by atoms with van der Waals surface area (Å²) in [5.74, 6) is -0.928. The Labute approximate surface area is 175 Å². The van der Waals surface area contributed by atoms with Gasteiger partial charge in [-0.15, -0.1) is 0 Å². The van der Waals surface area contributed by atoms with Crippen molar-refractivity contribution in [2.75, 3.05) is 11.4 Å². The zero-order chi connectivity index (χ0) is 22.1. The number of aliphatic carboxylic acids is 1. The molecule has 0 aliphatic carbocycles. The van der Waals surface area contributed by atoms with Crippen LogP contribution in [0.2, 0.25) is 0 Å². The van der Waals surface area contributed by atoms with Crippen molar-refractivity contribution >= 4 is 27.6 Å². The van der Waals surface area contributed by atoms with Gasteiger partial charge in [-0.2, -0.15) is 0 Å². The van der Waals surface area contributed by atoms with E-state index in [0.717, 1.165) is 5.56 Å². The summed E-state index contributed by atoms with van der Waals surface area (Å²) >= 11 is 0. The topological polar surface area (TPSA) is 113 Å². The SMILES string of the molecule is CC(=O)N1C[C@H](C)Oc2ccc(S(=O)(=O)N[C@@H](CC(=O)O)c3ccccc3C)cc21. The minimum Gasteiger partial charge on any atom is -0.487 e. The van der Waals surface area contributed by atoms with Crippen LogP contribution in [-0.4, -0.2) is 38.0 Å². The van der Waals surface area contributed by atoms with Gasteiger partial charge in [-0.05, 0) is 43.2 Å². The minimum absolute atomic E-state index is 0.0744. The lowest BCUT2D eigenvalue weighted by Crippen LogP contribution is -2.41. The molecule has 0 fully saturated rings. The number of ether oxygens (including phenoxy) is 1. The number of fused-ring (bicyclic) bond motifs is 1. The Hall–Kier alpha value is -2.91. The number of nitrogens with one attached hydrogen (secondary N) is 1. The van der Waals surface area contributed by atoms with Crippen molar-refractivity contribution in [3.63, 3.8) is 0 Å². The van der Waals surface area contributed by atoms with Crippen molar-refractivity contribution in [2.45, 2.75) is 44.2 Å². The quantitative estimate of drug-likeness (QED) is 0.726. The predicted molar refractivity (Wildman–Crippen MR) is 111 cm³/mol. The first-order valence-corrected chi connectivity index (χ1v) is 11.0. The zero-order valence-electron chi connectivity index (χ0n) is 17.0. The van der Waals surface area contributed by atoms with Crippen LogP contribution in [0, 0.1) is 6.92 Å². The summed E-state index contributed by atoms with van der Waals surface area (Å²) in [4.78, 5) is 24.8. The molecule has 2 N–H and O–H groups in total. The molecule has 8 nitrogen and oxygen atoms in total. The molecule has 2 aromatic carbocycles. The van der Waals surface area contributed by atoms with Gasteiger partial charge in [-0.3, -0.25) is 9.59 Å². The average molecular weight is 432 g/mol. The van der Waals surface area contributed by atoms with Crippen LogP contribution in [0.5, 0.6) is 5.75 Å². The lowest BCUT2D eigenvalue weighted by Gasteiger charge is -2.33. The van der Waals surface area contributed by atoms with E-state index in [1.54, 1.807) is 31.2 Å². The first-order chi connectivity index (χ1) is 14.1. The van der Waals surface area contributed by atoms with Crippen LogP contribution in [0.4, 0.5) is 5.69 Å². The number of sulfonamides is 1. The van der Waals surface area contributed by atoms with Gasteiger partial charge in [-0.25, -0.2) is 13.1 Å². The highest BCUT2D eigenvalue weighted by molar-refractivity contribution is 7.89. The van der Waals surface area contributed by atoms with Crippen LogP contribution in [-0.2, 0) is 19.6 Å². The number of anilines is 1. The highest BCUT2D eigenvalue weighted by Crippen LogP contribution is 2.36. The maximum Gasteiger partial charge on any atom is 0.305 e. The maximum atomic E-state index is 13.1. The van der Waals surface area contributed by atoms with Crippen molar-refractivity contribution in [1.82, 2.24) is 4.72 Å². The molecule has 0 radical (unpaired) electrons. The van der Waals surface area contributed by atoms with Gasteiger partial charge in [0, 0.05) is 6.92 Å². The largest absolute Gasteiger partial charge is 0.487 e. The van der Waals surface area contributed by atoms with Crippen LogP contribution in [0.1, 0.15) is 37.4 Å². The Morgan fingerprint density at radius 1 is 1.27 bits per heavy atom. The number of carbonyl (C=O) groups is 2. The fourth-order valence-corrected chi connectivity index (χ4v) is 4.74. The Morgan fingerprint density at radius 3 is 2.60 bits per heavy atom. The molecule has 1 amide bonds. The molecule has 2 aromatic rings. The second-order valence-corrected chi connectivity index (χ2v) is 9.03. The van der Waals surface area contributed by atoms with Gasteiger partial charge in [0.2, 0.25) is 15.9 Å². The number of carbonyl (C=O) groups excluding carboxylic acids is 1. The molecule has 30 heavy (non-hydrogen) atoms. The Balaban J connectivity index is 1.98. The Kier molecular flexibility index (Phi) is 6.14. The number of nitrogens with zero attached hydrogens (tertiary/aromatic N) is 1. The van der Waals surface area contributed by atoms with E-state index in [-0.39, 0.29) is 16.9 Å². The molecule has 0 saturated heterocycles. The number of benzene rings is 2. The number of carboxylic acids is 1. The second kappa shape index (κ2) is 8.45. The summed E-state index contributed by atoms with van der Waals surface area (Å²) in [5.41, 5.74) is 1.74. The van der Waals surface area contributed by atoms with E-state index in [9.17, 15) is 23.1 Å². The molecular weight excluding hydrogens is 408 g/mol. The minimum atomic E-state index is -4.07. The van der Waals surface area contributed by atoms with Gasteiger partial charge >= 0.3 is 5.97 Å². The van der Waals surface area contributed by atoms with Gasteiger partial charge in [-0.1, -0.05) is 24.3 Å². The van der Waals surface area contributed by atoms with Gasteiger partial charge in [0.15, 0.2) is 0 Å². The van der Waals surface area contributed by atoms with Crippen molar-refractivity contribution in [2.24, 2.45) is 0 Å². The van der Waals surface area contributed by atoms with E-state index in [0.29, 0.717) is 23.5 Å². The third-order valence-electron chi connectivity index (χ3n) is 4.92. The summed E-state index contributed by atoms with van der Waals surface area (Å²) in [6, 6.07) is 10.3. The summed E-state index contributed by atoms with van der Waals surface area (Å²) < 4.78 is 34.4. The smallest absolute Gasteiger partial charge is 0.305 e. The zero-order valence-corrected chi connectivity index (χ0v) is 17.8. The summed E-state index contributed by atoms with van der Waals surface area (Å²) in [7, 11) is -4.07. The molecule has 1 aliphatic rings. The molecule has 1 heterocycles. The van der Waals surface area contributed by atoms with Crippen LogP contribution in [0.3, 0.4) is 0 Å². The van der Waals surface area contributed by atoms with E-state index < -0.39 is 28.5 Å². The summed E-state index contributed by atoms with van der Waals surface area (Å²) in [5, 5.41) is 9.29. The van der Waals surface area contributed by atoms with E-state index in [4.69, 9.17) is 4.74 Å². The molecular formula is C21H24N2O6S. The number of aryl methyl sites for hydroxylation is 1. The van der Waals surface area contributed by atoms with Crippen molar-refractivity contribution < 1.29 is 27.9 Å². The third-order valence-corrected chi connectivity index (χ3v) is 6.39. The predicted octanol–water partition coefficient (Wildman–Crippen LogP) is 2.62. The molecule has 3 rings (SSSR count). The van der Waals surface area contributed by atoms with Crippen LogP contribution < -0.4 is 14.4 Å². The highest BCUT2D eigenvalue weighted by atomic mass is 32.2. The van der Waals surface area contributed by atoms with Crippen molar-refractivity contribution in [1.29, 1.82) is 0 Å². The molecule has 160 valence electrons. The van der Waals surface area contributed by atoms with E-state index >= 15 is 0 Å². The van der Waals surface area contributed by atoms with Gasteiger partial charge in [0.1, 0.15) is 11.9 Å². The number of amides is 1. The monoisotopic (exact) mass is 432 g/mol. The van der Waals surface area contributed by atoms with E-state index in [1.165, 1.54) is 30.0 Å². The molecule has 0 bridgehead atoms. The standard InChI is InChI=1S/C21H24N2O6S/c1-13-6-4-5-7-17(13)18(11-21(25)26)22-30(27,28)16-8-9-20-19(10-16)23(15(3)24)12-14(2)29-20/h4-10,14,18,22H,11-12H2,1-3H3,(H,25,26)/t14-,18-/m0/s1. The highest BCUT2D eigenvalue weighted by Gasteiger charge is 2.29. The molecule has 0 aromatic heterocycles. The van der Waals surface area contributed by atoms with Gasteiger partial charge in [0.05, 0.1) is 29.6 Å². The van der Waals surface area contributed by atoms with Gasteiger partial charge < -0.3 is 14.7 Å². The third kappa shape index (κ3) is 4.63. The number of rotatable bonds is 6. The molecule has 2 atom stereocenters. The normalized spacial score (nSPS) is 17.0. The fraction of sp³-hybridized carbons (Fsp3) is 0.333. The van der Waals surface area contributed by atoms with Crippen molar-refractivity contribution in [3.8, 4) is 5.75 Å². The van der Waals surface area contributed by atoms with E-state index in [2.05, 4.69) is 4.72 Å². The maximum absolute atomic E-state index is 13.1. The van der Waals surface area contributed by atoms with Gasteiger partial charge in [0.25, 0.3) is 0 Å². The summed E-state index contributed by atoms with van der Waals surface area (Å²) in [6.45, 7) is 5.33. The first kappa shape index (κ1) is 21.8. The lowest BCUT2D eigenvalue weighted by molar-refractivity contribution is -0.137. The molecule has 9 heteroatoms. The van der Waals surface area contributed by atoms with Crippen LogP contribution in [0.15, 0.2) is 47.4 Å². The van der Waals surface area contributed by atoms with Crippen LogP contribution >= 0.6 is 0 Å². The first-order valence-electron chi connectivity index (χ1n) is 9.47. The number of carboxylic acid groups (broad SMARTS) is 1. The number of hydrogen-bond donors (Lipinski definition) is 2. The summed E-state index contributed by atoms with van der Waals surface area (Å²) in [6.07, 6.45) is -0.627. The van der Waals surface area contributed by atoms with E-state index in [1.807, 2.05) is 6.92 Å². The lowest BCUT2D eigenvalue weighted by atomic mass is 10.00. The molecule has 1 aliphatic heterocycles. The molecule has 0 saturated carbocycles. The number of hydrogen-bond acceptors (Lipinski definition) is 5. The van der Waals surface area contributed by atoms with Crippen LogP contribution in [0.25, 0.3) is 0 Å². The van der Waals surface area contributed by atoms with Crippen molar-refractivity contribution in [3.05, 3.63) is 53.6 Å². The second-order valence-electron chi connectivity index (χ2n) is 7.32. The Bertz CT molecular complexity index is 1080. The molecule has 0 unspecified atom stereocenters. The fourth-order valence-electron chi connectivity index (χ4n) is 3.51.